The van der Waals surface area contributed by atoms with Gasteiger partial charge in [-0.05, 0) is 76.4 Å². The maximum atomic E-state index is 14.8. The summed E-state index contributed by atoms with van der Waals surface area (Å²) in [6.07, 6.45) is 1.44. The molecule has 206 valence electrons. The molecule has 0 bridgehead atoms. The molecule has 4 aromatic rings. The number of nitrogens with zero attached hydrogens (tertiary/aromatic N) is 3. The smallest absolute Gasteiger partial charge is 0.336 e. The zero-order valence-corrected chi connectivity index (χ0v) is 23.6. The minimum absolute atomic E-state index is 0.129. The highest BCUT2D eigenvalue weighted by Gasteiger charge is 2.31. The van der Waals surface area contributed by atoms with E-state index in [-0.39, 0.29) is 40.1 Å². The summed E-state index contributed by atoms with van der Waals surface area (Å²) in [5.74, 6) is -0.373. The van der Waals surface area contributed by atoms with Crippen LogP contribution in [0.25, 0.3) is 16.6 Å². The molecule has 9 heteroatoms. The van der Waals surface area contributed by atoms with Crippen LogP contribution in [-0.2, 0) is 7.05 Å². The quantitative estimate of drug-likeness (QED) is 0.340. The van der Waals surface area contributed by atoms with E-state index in [1.54, 1.807) is 32.0 Å². The number of anilines is 3. The molecule has 2 heterocycles. The summed E-state index contributed by atoms with van der Waals surface area (Å²) in [6, 6.07) is 12.0. The maximum Gasteiger partial charge on any atom is 0.336 e. The van der Waals surface area contributed by atoms with Crippen LogP contribution in [0.4, 0.5) is 21.6 Å². The molecule has 0 aliphatic heterocycles. The van der Waals surface area contributed by atoms with Crippen LogP contribution in [0, 0.1) is 19.7 Å². The second-order valence-corrected chi connectivity index (χ2v) is 10.0. The summed E-state index contributed by atoms with van der Waals surface area (Å²) in [5.41, 5.74) is 1.29. The number of rotatable bonds is 6. The maximum absolute atomic E-state index is 14.8. The first-order valence-corrected chi connectivity index (χ1v) is 13.4. The molecule has 39 heavy (non-hydrogen) atoms. The van der Waals surface area contributed by atoms with E-state index in [2.05, 4.69) is 10.6 Å². The van der Waals surface area contributed by atoms with Crippen LogP contribution in [0.3, 0.4) is 0 Å². The molecular formula is C30H36FN5O3. The molecule has 0 saturated heterocycles. The van der Waals surface area contributed by atoms with Gasteiger partial charge >= 0.3 is 5.69 Å². The van der Waals surface area contributed by atoms with Gasteiger partial charge in [0.15, 0.2) is 0 Å². The van der Waals surface area contributed by atoms with Crippen LogP contribution in [0.1, 0.15) is 57.7 Å². The largest absolute Gasteiger partial charge is 0.383 e. The molecule has 5 rings (SSSR count). The fourth-order valence-electron chi connectivity index (χ4n) is 4.77. The van der Waals surface area contributed by atoms with E-state index in [1.165, 1.54) is 26.8 Å². The number of nitrogens with one attached hydrogen (secondary N) is 2. The third-order valence-corrected chi connectivity index (χ3v) is 6.69. The van der Waals surface area contributed by atoms with Gasteiger partial charge in [-0.1, -0.05) is 26.0 Å². The Balaban J connectivity index is 0.00000172. The van der Waals surface area contributed by atoms with Gasteiger partial charge in [0, 0.05) is 30.4 Å². The van der Waals surface area contributed by atoms with E-state index >= 15 is 0 Å². The Morgan fingerprint density at radius 2 is 1.67 bits per heavy atom. The summed E-state index contributed by atoms with van der Waals surface area (Å²) in [6.45, 7) is 11.4. The highest BCUT2D eigenvalue weighted by Crippen LogP contribution is 2.34. The van der Waals surface area contributed by atoms with Gasteiger partial charge < -0.3 is 10.6 Å². The molecule has 0 spiro atoms. The molecule has 2 N–H and O–H groups in total. The van der Waals surface area contributed by atoms with Gasteiger partial charge in [0.1, 0.15) is 17.0 Å². The molecule has 1 aliphatic rings. The molecule has 0 amide bonds. The molecule has 0 radical (unpaired) electrons. The normalized spacial score (nSPS) is 12.8. The first kappa shape index (κ1) is 27.9. The summed E-state index contributed by atoms with van der Waals surface area (Å²) in [5, 5.41) is 6.48. The van der Waals surface area contributed by atoms with Gasteiger partial charge in [-0.3, -0.25) is 23.3 Å². The Kier molecular flexibility index (Phi) is 7.81. The van der Waals surface area contributed by atoms with Gasteiger partial charge in [-0.15, -0.1) is 0 Å². The number of aromatic nitrogens is 3. The number of pyridine rings is 1. The Bertz CT molecular complexity index is 1730. The molecule has 2 aromatic heterocycles. The summed E-state index contributed by atoms with van der Waals surface area (Å²) in [7, 11) is 1.53. The van der Waals surface area contributed by atoms with E-state index < -0.39 is 22.6 Å². The van der Waals surface area contributed by atoms with Gasteiger partial charge in [0.25, 0.3) is 11.1 Å². The fraction of sp³-hybridized carbons (Fsp3) is 0.367. The standard InChI is InChI=1S/C28H30FN5O3.C2H6/c1-15(2)30-18-7-6-8-20(14-18)33-24-17(4)26(35)32(5)25(31-22-12-9-16(3)13-21(22)29)23(24)27(36)34(28(33)37)19-10-11-19;1-2/h6-9,12-15,19,30-31H,10-11H2,1-5H3;1-2H3. The van der Waals surface area contributed by atoms with Crippen molar-refractivity contribution >= 4 is 28.1 Å². The Labute approximate surface area is 226 Å². The zero-order chi connectivity index (χ0) is 28.6. The number of aryl methyl sites for hydroxylation is 2. The third-order valence-electron chi connectivity index (χ3n) is 6.69. The van der Waals surface area contributed by atoms with Crippen molar-refractivity contribution in [2.45, 2.75) is 66.5 Å². The van der Waals surface area contributed by atoms with Crippen molar-refractivity contribution in [2.75, 3.05) is 10.6 Å². The molecule has 8 nitrogen and oxygen atoms in total. The SMILES string of the molecule is CC.Cc1ccc(Nc2c3c(=O)n(C4CC4)c(=O)n(-c4cccc(NC(C)C)c4)c3c(C)c(=O)n2C)c(F)c1. The van der Waals surface area contributed by atoms with Crippen LogP contribution in [0.5, 0.6) is 0 Å². The predicted octanol–water partition coefficient (Wildman–Crippen LogP) is 5.53. The fourth-order valence-corrected chi connectivity index (χ4v) is 4.77. The van der Waals surface area contributed by atoms with E-state index in [9.17, 15) is 18.8 Å². The molecule has 1 saturated carbocycles. The second-order valence-electron chi connectivity index (χ2n) is 10.0. The average molecular weight is 534 g/mol. The highest BCUT2D eigenvalue weighted by molar-refractivity contribution is 5.93. The van der Waals surface area contributed by atoms with Crippen LogP contribution < -0.4 is 27.4 Å². The minimum Gasteiger partial charge on any atom is -0.383 e. The van der Waals surface area contributed by atoms with Crippen LogP contribution in [0.2, 0.25) is 0 Å². The molecule has 1 aliphatic carbocycles. The van der Waals surface area contributed by atoms with Gasteiger partial charge in [0.05, 0.1) is 16.9 Å². The second kappa shape index (κ2) is 10.9. The summed E-state index contributed by atoms with van der Waals surface area (Å²) >= 11 is 0. The van der Waals surface area contributed by atoms with E-state index in [0.29, 0.717) is 5.69 Å². The summed E-state index contributed by atoms with van der Waals surface area (Å²) in [4.78, 5) is 41.1. The zero-order valence-electron chi connectivity index (χ0n) is 23.6. The predicted molar refractivity (Wildman–Crippen MR) is 157 cm³/mol. The first-order valence-electron chi connectivity index (χ1n) is 13.4. The summed E-state index contributed by atoms with van der Waals surface area (Å²) < 4.78 is 18.8. The lowest BCUT2D eigenvalue weighted by Crippen LogP contribution is -2.41. The topological polar surface area (TPSA) is 90.1 Å². The Morgan fingerprint density at radius 3 is 2.28 bits per heavy atom. The Hall–Kier alpha value is -4.14. The lowest BCUT2D eigenvalue weighted by molar-refractivity contribution is 0.630. The van der Waals surface area contributed by atoms with Crippen molar-refractivity contribution in [3.63, 3.8) is 0 Å². The van der Waals surface area contributed by atoms with Crippen molar-refractivity contribution in [1.82, 2.24) is 13.7 Å². The van der Waals surface area contributed by atoms with Gasteiger partial charge in [0.2, 0.25) is 0 Å². The van der Waals surface area contributed by atoms with Crippen LogP contribution in [-0.4, -0.2) is 19.7 Å². The van der Waals surface area contributed by atoms with Gasteiger partial charge in [-0.25, -0.2) is 9.18 Å². The average Bonchev–Trinajstić information content (AvgIpc) is 3.73. The van der Waals surface area contributed by atoms with Crippen LogP contribution >= 0.6 is 0 Å². The number of benzene rings is 2. The Morgan fingerprint density at radius 1 is 0.974 bits per heavy atom. The van der Waals surface area contributed by atoms with Crippen molar-refractivity contribution in [1.29, 1.82) is 0 Å². The first-order chi connectivity index (χ1) is 18.6. The van der Waals surface area contributed by atoms with Crippen molar-refractivity contribution in [3.05, 3.63) is 90.6 Å². The van der Waals surface area contributed by atoms with Crippen molar-refractivity contribution in [2.24, 2.45) is 7.05 Å². The van der Waals surface area contributed by atoms with Gasteiger partial charge in [-0.2, -0.15) is 0 Å². The molecule has 2 aromatic carbocycles. The number of hydrogen-bond donors (Lipinski definition) is 2. The molecule has 1 fully saturated rings. The number of halogens is 1. The molecule has 0 unspecified atom stereocenters. The number of hydrogen-bond acceptors (Lipinski definition) is 5. The van der Waals surface area contributed by atoms with Crippen molar-refractivity contribution < 1.29 is 4.39 Å². The number of fused-ring (bicyclic) bond motifs is 1. The minimum atomic E-state index is -0.510. The van der Waals surface area contributed by atoms with E-state index in [4.69, 9.17) is 0 Å². The molecular weight excluding hydrogens is 497 g/mol. The third kappa shape index (κ3) is 5.13. The lowest BCUT2D eigenvalue weighted by Gasteiger charge is -2.21. The van der Waals surface area contributed by atoms with Crippen LogP contribution in [0.15, 0.2) is 56.8 Å². The monoisotopic (exact) mass is 533 g/mol. The van der Waals surface area contributed by atoms with E-state index in [0.717, 1.165) is 24.1 Å². The van der Waals surface area contributed by atoms with E-state index in [1.807, 2.05) is 45.9 Å². The lowest BCUT2D eigenvalue weighted by atomic mass is 10.1. The molecule has 0 atom stereocenters. The van der Waals surface area contributed by atoms with Crippen molar-refractivity contribution in [3.8, 4) is 5.69 Å². The highest BCUT2D eigenvalue weighted by atomic mass is 19.1.